The molecule has 0 aliphatic carbocycles. The normalized spacial score (nSPS) is 25.2. The lowest BCUT2D eigenvalue weighted by atomic mass is 9.92. The molecule has 0 saturated carbocycles. The van der Waals surface area contributed by atoms with E-state index < -0.39 is 0 Å². The summed E-state index contributed by atoms with van der Waals surface area (Å²) in [5.41, 5.74) is 5.89. The second kappa shape index (κ2) is 5.49. The predicted molar refractivity (Wildman–Crippen MR) is 68.9 cm³/mol. The molecule has 1 aromatic rings. The van der Waals surface area contributed by atoms with E-state index in [2.05, 4.69) is 29.1 Å². The summed E-state index contributed by atoms with van der Waals surface area (Å²) in [4.78, 5) is 2.38. The summed E-state index contributed by atoms with van der Waals surface area (Å²) in [6.45, 7) is 7.17. The van der Waals surface area contributed by atoms with Crippen LogP contribution in [-0.4, -0.2) is 34.1 Å². The van der Waals surface area contributed by atoms with Crippen LogP contribution < -0.4 is 10.6 Å². The van der Waals surface area contributed by atoms with E-state index in [0.29, 0.717) is 12.6 Å². The van der Waals surface area contributed by atoms with Gasteiger partial charge in [-0.3, -0.25) is 0 Å². The van der Waals surface area contributed by atoms with Crippen molar-refractivity contribution in [2.45, 2.75) is 45.7 Å². The number of aromatic nitrogens is 3. The molecular formula is C12H23N5. The summed E-state index contributed by atoms with van der Waals surface area (Å²) in [6, 6.07) is 0.438. The Bertz CT molecular complexity index is 348. The van der Waals surface area contributed by atoms with Crippen molar-refractivity contribution in [2.24, 2.45) is 11.7 Å². The van der Waals surface area contributed by atoms with Gasteiger partial charge in [0.05, 0.1) is 6.20 Å². The highest BCUT2D eigenvalue weighted by molar-refractivity contribution is 5.38. The van der Waals surface area contributed by atoms with Crippen molar-refractivity contribution in [1.82, 2.24) is 15.0 Å². The van der Waals surface area contributed by atoms with Crippen LogP contribution in [0.2, 0.25) is 0 Å². The number of anilines is 1. The fourth-order valence-corrected chi connectivity index (χ4v) is 2.62. The van der Waals surface area contributed by atoms with Gasteiger partial charge in [-0.2, -0.15) is 0 Å². The Kier molecular flexibility index (Phi) is 3.99. The van der Waals surface area contributed by atoms with Crippen molar-refractivity contribution in [3.8, 4) is 0 Å². The number of hydrogen-bond donors (Lipinski definition) is 1. The predicted octanol–water partition coefficient (Wildman–Crippen LogP) is 1.25. The van der Waals surface area contributed by atoms with Crippen LogP contribution in [0.1, 0.15) is 33.1 Å². The molecule has 2 N–H and O–H groups in total. The fraction of sp³-hybridized carbons (Fsp3) is 0.833. The van der Waals surface area contributed by atoms with E-state index in [4.69, 9.17) is 5.73 Å². The molecule has 0 radical (unpaired) electrons. The zero-order valence-electron chi connectivity index (χ0n) is 10.8. The number of rotatable bonds is 4. The minimum atomic E-state index is 0.438. The highest BCUT2D eigenvalue weighted by Crippen LogP contribution is 2.26. The van der Waals surface area contributed by atoms with E-state index in [1.54, 1.807) is 0 Å². The molecule has 0 spiro atoms. The Morgan fingerprint density at radius 1 is 1.53 bits per heavy atom. The van der Waals surface area contributed by atoms with Crippen LogP contribution in [-0.2, 0) is 6.54 Å². The Morgan fingerprint density at radius 2 is 2.35 bits per heavy atom. The number of aryl methyl sites for hydroxylation is 1. The van der Waals surface area contributed by atoms with Gasteiger partial charge in [-0.25, -0.2) is 4.68 Å². The molecule has 0 bridgehead atoms. The summed E-state index contributed by atoms with van der Waals surface area (Å²) in [6.07, 6.45) is 5.35. The zero-order chi connectivity index (χ0) is 12.3. The minimum Gasteiger partial charge on any atom is -0.351 e. The van der Waals surface area contributed by atoms with Crippen molar-refractivity contribution in [1.29, 1.82) is 0 Å². The Balaban J connectivity index is 2.16. The van der Waals surface area contributed by atoms with Gasteiger partial charge in [0.25, 0.3) is 0 Å². The lowest BCUT2D eigenvalue weighted by Crippen LogP contribution is -2.47. The van der Waals surface area contributed by atoms with E-state index in [1.165, 1.54) is 12.8 Å². The van der Waals surface area contributed by atoms with Crippen LogP contribution >= 0.6 is 0 Å². The van der Waals surface area contributed by atoms with Crippen molar-refractivity contribution >= 4 is 5.82 Å². The van der Waals surface area contributed by atoms with Gasteiger partial charge in [-0.05, 0) is 25.2 Å². The van der Waals surface area contributed by atoms with Gasteiger partial charge in [0.2, 0.25) is 0 Å². The third kappa shape index (κ3) is 2.60. The molecule has 17 heavy (non-hydrogen) atoms. The van der Waals surface area contributed by atoms with Crippen LogP contribution in [0.25, 0.3) is 0 Å². The summed E-state index contributed by atoms with van der Waals surface area (Å²) in [5.74, 6) is 1.91. The Hall–Kier alpha value is -1.10. The van der Waals surface area contributed by atoms with E-state index in [9.17, 15) is 0 Å². The third-order valence-electron chi connectivity index (χ3n) is 3.58. The van der Waals surface area contributed by atoms with Gasteiger partial charge in [-0.1, -0.05) is 19.1 Å². The molecule has 2 atom stereocenters. The molecule has 2 heterocycles. The van der Waals surface area contributed by atoms with Crippen molar-refractivity contribution in [3.63, 3.8) is 0 Å². The average molecular weight is 237 g/mol. The summed E-state index contributed by atoms with van der Waals surface area (Å²) in [7, 11) is 0. The maximum Gasteiger partial charge on any atom is 0.147 e. The monoisotopic (exact) mass is 237 g/mol. The quantitative estimate of drug-likeness (QED) is 0.856. The summed E-state index contributed by atoms with van der Waals surface area (Å²) in [5, 5.41) is 8.19. The summed E-state index contributed by atoms with van der Waals surface area (Å²) < 4.78 is 2.00. The smallest absolute Gasteiger partial charge is 0.147 e. The maximum absolute atomic E-state index is 5.89. The van der Waals surface area contributed by atoms with Gasteiger partial charge >= 0.3 is 0 Å². The van der Waals surface area contributed by atoms with Crippen molar-refractivity contribution < 1.29 is 0 Å². The van der Waals surface area contributed by atoms with E-state index in [0.717, 1.165) is 31.2 Å². The van der Waals surface area contributed by atoms with Gasteiger partial charge in [0.1, 0.15) is 5.82 Å². The zero-order valence-corrected chi connectivity index (χ0v) is 10.8. The Morgan fingerprint density at radius 3 is 3.06 bits per heavy atom. The number of nitrogens with two attached hydrogens (primary N) is 1. The first-order valence-electron chi connectivity index (χ1n) is 6.61. The van der Waals surface area contributed by atoms with Crippen molar-refractivity contribution in [3.05, 3.63) is 6.20 Å². The van der Waals surface area contributed by atoms with Crippen LogP contribution in [0.4, 0.5) is 5.82 Å². The SMILES string of the molecule is CCCn1nncc1N1CCC(C)CC1CN. The number of nitrogens with zero attached hydrogens (tertiary/aromatic N) is 4. The highest BCUT2D eigenvalue weighted by atomic mass is 15.5. The largest absolute Gasteiger partial charge is 0.351 e. The second-order valence-electron chi connectivity index (χ2n) is 5.03. The number of hydrogen-bond acceptors (Lipinski definition) is 4. The van der Waals surface area contributed by atoms with E-state index >= 15 is 0 Å². The fourth-order valence-electron chi connectivity index (χ4n) is 2.62. The molecule has 5 heteroatoms. The summed E-state index contributed by atoms with van der Waals surface area (Å²) >= 11 is 0. The van der Waals surface area contributed by atoms with Crippen LogP contribution in [0.3, 0.4) is 0 Å². The highest BCUT2D eigenvalue weighted by Gasteiger charge is 2.27. The molecule has 96 valence electrons. The second-order valence-corrected chi connectivity index (χ2v) is 5.03. The molecule has 0 aromatic carbocycles. The van der Waals surface area contributed by atoms with Crippen LogP contribution in [0.5, 0.6) is 0 Å². The molecule has 1 aliphatic rings. The average Bonchev–Trinajstić information content (AvgIpc) is 2.77. The first kappa shape index (κ1) is 12.4. The first-order chi connectivity index (χ1) is 8.26. The lowest BCUT2D eigenvalue weighted by molar-refractivity contribution is 0.360. The van der Waals surface area contributed by atoms with Gasteiger partial charge in [0, 0.05) is 25.7 Å². The van der Waals surface area contributed by atoms with Gasteiger partial charge < -0.3 is 10.6 Å². The molecule has 0 amide bonds. The van der Waals surface area contributed by atoms with Crippen LogP contribution in [0.15, 0.2) is 6.20 Å². The van der Waals surface area contributed by atoms with Gasteiger partial charge in [-0.15, -0.1) is 5.10 Å². The number of piperidine rings is 1. The molecular weight excluding hydrogens is 214 g/mol. The Labute approximate surface area is 103 Å². The van der Waals surface area contributed by atoms with E-state index in [-0.39, 0.29) is 0 Å². The molecule has 1 aliphatic heterocycles. The molecule has 5 nitrogen and oxygen atoms in total. The standard InChI is InChI=1S/C12H23N5/c1-3-5-17-12(9-14-15-17)16-6-4-10(2)7-11(16)8-13/h9-11H,3-8,13H2,1-2H3. The molecule has 1 fully saturated rings. The maximum atomic E-state index is 5.89. The van der Waals surface area contributed by atoms with Gasteiger partial charge in [0.15, 0.2) is 0 Å². The molecule has 1 saturated heterocycles. The minimum absolute atomic E-state index is 0.438. The lowest BCUT2D eigenvalue weighted by Gasteiger charge is -2.39. The molecule has 2 rings (SSSR count). The first-order valence-corrected chi connectivity index (χ1v) is 6.61. The third-order valence-corrected chi connectivity index (χ3v) is 3.58. The topological polar surface area (TPSA) is 60.0 Å². The van der Waals surface area contributed by atoms with E-state index in [1.807, 2.05) is 10.9 Å². The molecule has 1 aromatic heterocycles. The van der Waals surface area contributed by atoms with Crippen LogP contribution in [0, 0.1) is 5.92 Å². The van der Waals surface area contributed by atoms with Crippen molar-refractivity contribution in [2.75, 3.05) is 18.0 Å². The molecule has 2 unspecified atom stereocenters.